The van der Waals surface area contributed by atoms with Crippen LogP contribution in [0.15, 0.2) is 30.3 Å². The van der Waals surface area contributed by atoms with E-state index in [4.69, 9.17) is 5.11 Å². The second-order valence-corrected chi connectivity index (χ2v) is 2.73. The maximum atomic E-state index is 10.2. The number of aryl methyl sites for hydroxylation is 1. The predicted octanol–water partition coefficient (Wildman–Crippen LogP) is 1.45. The zero-order valence-corrected chi connectivity index (χ0v) is 6.86. The summed E-state index contributed by atoms with van der Waals surface area (Å²) in [5.41, 5.74) is 1.21. The van der Waals surface area contributed by atoms with Crippen molar-refractivity contribution in [1.82, 2.24) is 0 Å². The van der Waals surface area contributed by atoms with Crippen molar-refractivity contribution in [3.05, 3.63) is 35.9 Å². The van der Waals surface area contributed by atoms with E-state index in [2.05, 4.69) is 0 Å². The second-order valence-electron chi connectivity index (χ2n) is 2.73. The zero-order chi connectivity index (χ0) is 8.81. The third kappa shape index (κ3) is 5.86. The van der Waals surface area contributed by atoms with E-state index in [0.29, 0.717) is 0 Å². The van der Waals surface area contributed by atoms with E-state index in [1.165, 1.54) is 5.56 Å². The first kappa shape index (κ1) is 12.7. The van der Waals surface area contributed by atoms with Gasteiger partial charge in [0.2, 0.25) is 0 Å². The first-order chi connectivity index (χ1) is 5.79. The summed E-state index contributed by atoms with van der Waals surface area (Å²) in [7, 11) is 0. The van der Waals surface area contributed by atoms with E-state index in [9.17, 15) is 4.79 Å². The standard InChI is InChI=1S/C10H12O2.Na.H/c11-10(12)8-4-7-9-5-2-1-3-6-9;;/h1-3,5-6H,4,7-8H2,(H,11,12);;. The minimum absolute atomic E-state index is 0. The Labute approximate surface area is 100 Å². The molecule has 0 atom stereocenters. The summed E-state index contributed by atoms with van der Waals surface area (Å²) in [5, 5.41) is 8.39. The van der Waals surface area contributed by atoms with E-state index in [1.54, 1.807) is 0 Å². The molecule has 66 valence electrons. The number of carbonyl (C=O) groups is 1. The van der Waals surface area contributed by atoms with Gasteiger partial charge in [-0.1, -0.05) is 30.3 Å². The molecule has 0 heterocycles. The van der Waals surface area contributed by atoms with Crippen molar-refractivity contribution in [2.45, 2.75) is 19.3 Å². The molecule has 13 heavy (non-hydrogen) atoms. The number of hydrogen-bond donors (Lipinski definition) is 1. The van der Waals surface area contributed by atoms with E-state index in [-0.39, 0.29) is 36.0 Å². The van der Waals surface area contributed by atoms with Gasteiger partial charge >= 0.3 is 35.5 Å². The van der Waals surface area contributed by atoms with Crippen LogP contribution in [0.3, 0.4) is 0 Å². The number of aliphatic carboxylic acids is 1. The minimum atomic E-state index is -0.717. The van der Waals surface area contributed by atoms with Gasteiger partial charge < -0.3 is 5.11 Å². The maximum absolute atomic E-state index is 10.2. The van der Waals surface area contributed by atoms with Crippen LogP contribution >= 0.6 is 0 Å². The molecule has 3 heteroatoms. The third-order valence-electron chi connectivity index (χ3n) is 1.70. The predicted molar refractivity (Wildman–Crippen MR) is 54.2 cm³/mol. The molecule has 0 spiro atoms. The summed E-state index contributed by atoms with van der Waals surface area (Å²) in [6.45, 7) is 0. The van der Waals surface area contributed by atoms with Gasteiger partial charge in [0.1, 0.15) is 0 Å². The summed E-state index contributed by atoms with van der Waals surface area (Å²) in [6.07, 6.45) is 1.83. The summed E-state index contributed by atoms with van der Waals surface area (Å²) in [6, 6.07) is 9.93. The molecule has 1 N–H and O–H groups in total. The van der Waals surface area contributed by atoms with Crippen LogP contribution in [0.25, 0.3) is 0 Å². The topological polar surface area (TPSA) is 37.3 Å². The van der Waals surface area contributed by atoms with E-state index < -0.39 is 5.97 Å². The van der Waals surface area contributed by atoms with Gasteiger partial charge in [-0.2, -0.15) is 0 Å². The van der Waals surface area contributed by atoms with Gasteiger partial charge in [0.25, 0.3) is 0 Å². The first-order valence-electron chi connectivity index (χ1n) is 4.05. The van der Waals surface area contributed by atoms with E-state index >= 15 is 0 Å². The zero-order valence-electron chi connectivity index (χ0n) is 6.86. The van der Waals surface area contributed by atoms with Crippen LogP contribution in [-0.2, 0) is 11.2 Å². The Morgan fingerprint density at radius 2 is 1.85 bits per heavy atom. The Morgan fingerprint density at radius 1 is 1.23 bits per heavy atom. The molecule has 1 rings (SSSR count). The molecule has 1 aromatic rings. The van der Waals surface area contributed by atoms with Gasteiger partial charge in [-0.3, -0.25) is 4.79 Å². The fourth-order valence-electron chi connectivity index (χ4n) is 1.09. The van der Waals surface area contributed by atoms with Crippen LogP contribution in [0.5, 0.6) is 0 Å². The quantitative estimate of drug-likeness (QED) is 0.726. The van der Waals surface area contributed by atoms with Crippen molar-refractivity contribution in [3.63, 3.8) is 0 Å². The molecule has 0 saturated heterocycles. The molecule has 0 aliphatic rings. The fraction of sp³-hybridized carbons (Fsp3) is 0.300. The average Bonchev–Trinajstić information content (AvgIpc) is 2.05. The molecule has 0 aromatic heterocycles. The number of carboxylic acids is 1. The van der Waals surface area contributed by atoms with Crippen molar-refractivity contribution >= 4 is 35.5 Å². The molecule has 0 amide bonds. The number of benzene rings is 1. The molecular weight excluding hydrogens is 175 g/mol. The van der Waals surface area contributed by atoms with Crippen molar-refractivity contribution in [2.24, 2.45) is 0 Å². The van der Waals surface area contributed by atoms with Gasteiger partial charge in [0.05, 0.1) is 0 Å². The number of carboxylic acid groups (broad SMARTS) is 1. The number of hydrogen-bond acceptors (Lipinski definition) is 1. The van der Waals surface area contributed by atoms with Crippen molar-refractivity contribution in [1.29, 1.82) is 0 Å². The Balaban J connectivity index is 0.00000144. The van der Waals surface area contributed by atoms with Gasteiger partial charge in [-0.25, -0.2) is 0 Å². The van der Waals surface area contributed by atoms with Crippen LogP contribution in [0.2, 0.25) is 0 Å². The first-order valence-corrected chi connectivity index (χ1v) is 4.05. The Kier molecular flexibility index (Phi) is 6.96. The summed E-state index contributed by atoms with van der Waals surface area (Å²) < 4.78 is 0. The Bertz CT molecular complexity index is 246. The summed E-state index contributed by atoms with van der Waals surface area (Å²) >= 11 is 0. The monoisotopic (exact) mass is 188 g/mol. The molecule has 1 aromatic carbocycles. The molecule has 0 radical (unpaired) electrons. The van der Waals surface area contributed by atoms with Gasteiger partial charge in [-0.15, -0.1) is 0 Å². The van der Waals surface area contributed by atoms with Crippen LogP contribution in [-0.4, -0.2) is 40.6 Å². The third-order valence-corrected chi connectivity index (χ3v) is 1.70. The SMILES string of the molecule is O=C(O)CCCc1ccccc1.[NaH]. The summed E-state index contributed by atoms with van der Waals surface area (Å²) in [4.78, 5) is 10.2. The molecule has 0 unspecified atom stereocenters. The van der Waals surface area contributed by atoms with Crippen molar-refractivity contribution < 1.29 is 9.90 Å². The molecule has 0 saturated carbocycles. The molecule has 0 aliphatic carbocycles. The second kappa shape index (κ2) is 7.13. The van der Waals surface area contributed by atoms with Gasteiger partial charge in [-0.05, 0) is 18.4 Å². The molecule has 2 nitrogen and oxygen atoms in total. The average molecular weight is 188 g/mol. The normalized spacial score (nSPS) is 8.92. The molecular formula is C10H13NaO2. The molecule has 0 aliphatic heterocycles. The van der Waals surface area contributed by atoms with E-state index in [0.717, 1.165) is 12.8 Å². The van der Waals surface area contributed by atoms with Crippen molar-refractivity contribution in [2.75, 3.05) is 0 Å². The van der Waals surface area contributed by atoms with Crippen LogP contribution < -0.4 is 0 Å². The van der Waals surface area contributed by atoms with Crippen LogP contribution in [0, 0.1) is 0 Å². The Hall–Kier alpha value is -0.310. The molecule has 0 fully saturated rings. The Morgan fingerprint density at radius 3 is 2.38 bits per heavy atom. The van der Waals surface area contributed by atoms with Crippen LogP contribution in [0.1, 0.15) is 18.4 Å². The fourth-order valence-corrected chi connectivity index (χ4v) is 1.09. The number of rotatable bonds is 4. The molecule has 0 bridgehead atoms. The summed E-state index contributed by atoms with van der Waals surface area (Å²) in [5.74, 6) is -0.717. The van der Waals surface area contributed by atoms with Gasteiger partial charge in [0.15, 0.2) is 0 Å². The van der Waals surface area contributed by atoms with Gasteiger partial charge in [0, 0.05) is 6.42 Å². The van der Waals surface area contributed by atoms with Crippen LogP contribution in [0.4, 0.5) is 0 Å². The van der Waals surface area contributed by atoms with E-state index in [1.807, 2.05) is 30.3 Å². The van der Waals surface area contributed by atoms with Crippen molar-refractivity contribution in [3.8, 4) is 0 Å².